The summed E-state index contributed by atoms with van der Waals surface area (Å²) in [5.41, 5.74) is 4.07. The van der Waals surface area contributed by atoms with Crippen molar-refractivity contribution in [1.82, 2.24) is 5.32 Å². The van der Waals surface area contributed by atoms with Gasteiger partial charge in [-0.1, -0.05) is 22.5 Å². The van der Waals surface area contributed by atoms with Crippen molar-refractivity contribution < 1.29 is 14.4 Å². The highest BCUT2D eigenvalue weighted by atomic mass is 79.9. The molecule has 0 aromatic heterocycles. The topological polar surface area (TPSA) is 78.5 Å². The molecule has 0 spiro atoms. The molecular weight excluding hydrogens is 446 g/mol. The second-order valence-electron chi connectivity index (χ2n) is 7.50. The maximum absolute atomic E-state index is 12.9. The molecule has 30 heavy (non-hydrogen) atoms. The second kappa shape index (κ2) is 8.44. The molecular formula is C23H22BrN3O3. The molecule has 2 aliphatic heterocycles. The number of hydrogen-bond acceptors (Lipinski definition) is 3. The maximum Gasteiger partial charge on any atom is 0.251 e. The van der Waals surface area contributed by atoms with Crippen molar-refractivity contribution in [2.45, 2.75) is 31.7 Å². The molecule has 1 atom stereocenters. The number of aryl methyl sites for hydroxylation is 2. The van der Waals surface area contributed by atoms with Gasteiger partial charge in [0.2, 0.25) is 11.8 Å². The Morgan fingerprint density at radius 1 is 1.17 bits per heavy atom. The average Bonchev–Trinajstić information content (AvgIpc) is 2.90. The van der Waals surface area contributed by atoms with E-state index in [2.05, 4.69) is 33.1 Å². The van der Waals surface area contributed by atoms with Crippen LogP contribution in [0.15, 0.2) is 53.5 Å². The minimum atomic E-state index is -0.612. The third-order valence-corrected chi connectivity index (χ3v) is 6.04. The van der Waals surface area contributed by atoms with Gasteiger partial charge in [0.05, 0.1) is 0 Å². The average molecular weight is 468 g/mol. The molecule has 1 unspecified atom stereocenters. The molecule has 2 N–H and O–H groups in total. The lowest BCUT2D eigenvalue weighted by Crippen LogP contribution is -2.43. The quantitative estimate of drug-likeness (QED) is 0.676. The third-order valence-electron chi connectivity index (χ3n) is 5.55. The minimum absolute atomic E-state index is 0.144. The monoisotopic (exact) mass is 467 g/mol. The van der Waals surface area contributed by atoms with Gasteiger partial charge in [0, 0.05) is 28.0 Å². The fraction of sp³-hybridized carbons (Fsp3) is 0.261. The third kappa shape index (κ3) is 4.03. The fourth-order valence-electron chi connectivity index (χ4n) is 4.00. The molecule has 0 aliphatic carbocycles. The molecule has 0 fully saturated rings. The van der Waals surface area contributed by atoms with Crippen molar-refractivity contribution >= 4 is 45.0 Å². The molecule has 3 amide bonds. The summed E-state index contributed by atoms with van der Waals surface area (Å²) in [6.07, 6.45) is 4.13. The molecule has 0 saturated carbocycles. The van der Waals surface area contributed by atoms with Gasteiger partial charge in [-0.3, -0.25) is 14.4 Å². The van der Waals surface area contributed by atoms with Crippen LogP contribution in [0.1, 0.15) is 34.3 Å². The van der Waals surface area contributed by atoms with E-state index < -0.39 is 6.04 Å². The van der Waals surface area contributed by atoms with Gasteiger partial charge in [-0.25, -0.2) is 0 Å². The summed E-state index contributed by atoms with van der Waals surface area (Å²) >= 11 is 3.45. The molecule has 6 nitrogen and oxygen atoms in total. The number of rotatable bonds is 3. The van der Waals surface area contributed by atoms with Crippen LogP contribution >= 0.6 is 15.9 Å². The molecule has 0 bridgehead atoms. The first-order chi connectivity index (χ1) is 14.5. The van der Waals surface area contributed by atoms with Crippen molar-refractivity contribution in [3.63, 3.8) is 0 Å². The molecule has 2 aromatic carbocycles. The van der Waals surface area contributed by atoms with Crippen molar-refractivity contribution in [2.75, 3.05) is 16.8 Å². The van der Waals surface area contributed by atoms with Crippen LogP contribution in [0.25, 0.3) is 0 Å². The molecule has 154 valence electrons. The number of nitrogens with zero attached hydrogens (tertiary/aromatic N) is 1. The standard InChI is InChI=1S/C23H22BrN3O3/c1-2-21(28)27-11-3-4-15-12-16(6-10-20(15)27)22(29)26-19-8-5-14-13-17(24)7-9-18(14)25-23(19)30/h2,6-7,9-10,12-13,19H,1,3-5,8,11H2,(H,25,30)(H,26,29). The van der Waals surface area contributed by atoms with Crippen molar-refractivity contribution in [3.8, 4) is 0 Å². The van der Waals surface area contributed by atoms with Gasteiger partial charge in [0.15, 0.2) is 0 Å². The lowest BCUT2D eigenvalue weighted by molar-refractivity contribution is -0.118. The van der Waals surface area contributed by atoms with E-state index in [9.17, 15) is 14.4 Å². The number of amides is 3. The van der Waals surface area contributed by atoms with Gasteiger partial charge >= 0.3 is 0 Å². The minimum Gasteiger partial charge on any atom is -0.340 e. The van der Waals surface area contributed by atoms with E-state index in [4.69, 9.17) is 0 Å². The van der Waals surface area contributed by atoms with Crippen molar-refractivity contribution in [1.29, 1.82) is 0 Å². The van der Waals surface area contributed by atoms with Crippen molar-refractivity contribution in [2.24, 2.45) is 0 Å². The van der Waals surface area contributed by atoms with E-state index in [1.165, 1.54) is 6.08 Å². The number of carbonyl (C=O) groups is 3. The van der Waals surface area contributed by atoms with Crippen LogP contribution < -0.4 is 15.5 Å². The van der Waals surface area contributed by atoms with Gasteiger partial charge < -0.3 is 15.5 Å². The van der Waals surface area contributed by atoms with Crippen LogP contribution in [0, 0.1) is 0 Å². The van der Waals surface area contributed by atoms with Gasteiger partial charge in [-0.05, 0) is 79.3 Å². The predicted octanol–water partition coefficient (Wildman–Crippen LogP) is 3.60. The van der Waals surface area contributed by atoms with Crippen LogP contribution in [-0.4, -0.2) is 30.3 Å². The zero-order valence-corrected chi connectivity index (χ0v) is 18.0. The molecule has 4 rings (SSSR count). The number of hydrogen-bond donors (Lipinski definition) is 2. The summed E-state index contributed by atoms with van der Waals surface area (Å²) < 4.78 is 0.955. The lowest BCUT2D eigenvalue weighted by Gasteiger charge is -2.29. The highest BCUT2D eigenvalue weighted by Gasteiger charge is 2.27. The Balaban J connectivity index is 1.50. The number of carbonyl (C=O) groups excluding carboxylic acids is 3. The molecule has 2 aromatic rings. The Hall–Kier alpha value is -2.93. The highest BCUT2D eigenvalue weighted by Crippen LogP contribution is 2.29. The number of benzene rings is 2. The maximum atomic E-state index is 12.9. The summed E-state index contributed by atoms with van der Waals surface area (Å²) in [4.78, 5) is 39.2. The number of nitrogens with one attached hydrogen (secondary N) is 2. The molecule has 2 aliphatic rings. The molecule has 0 radical (unpaired) electrons. The Kier molecular flexibility index (Phi) is 5.72. The van der Waals surface area contributed by atoms with Crippen LogP contribution in [-0.2, 0) is 22.4 Å². The van der Waals surface area contributed by atoms with Gasteiger partial charge in [-0.15, -0.1) is 0 Å². The van der Waals surface area contributed by atoms with E-state index in [0.717, 1.165) is 39.8 Å². The fourth-order valence-corrected chi connectivity index (χ4v) is 4.41. The summed E-state index contributed by atoms with van der Waals surface area (Å²) in [6, 6.07) is 10.4. The van der Waals surface area contributed by atoms with Crippen LogP contribution in [0.2, 0.25) is 0 Å². The zero-order valence-electron chi connectivity index (χ0n) is 16.4. The summed E-state index contributed by atoms with van der Waals surface area (Å²) in [7, 11) is 0. The van der Waals surface area contributed by atoms with Crippen LogP contribution in [0.4, 0.5) is 11.4 Å². The normalized spacial score (nSPS) is 17.8. The predicted molar refractivity (Wildman–Crippen MR) is 120 cm³/mol. The van der Waals surface area contributed by atoms with E-state index in [-0.39, 0.29) is 17.7 Å². The van der Waals surface area contributed by atoms with E-state index >= 15 is 0 Å². The van der Waals surface area contributed by atoms with Crippen molar-refractivity contribution in [3.05, 3.63) is 70.2 Å². The number of halogens is 1. The number of anilines is 2. The molecule has 2 heterocycles. The van der Waals surface area contributed by atoms with Crippen LogP contribution in [0.5, 0.6) is 0 Å². The Morgan fingerprint density at radius 3 is 2.80 bits per heavy atom. The first kappa shape index (κ1) is 20.3. The van der Waals surface area contributed by atoms with Crippen LogP contribution in [0.3, 0.4) is 0 Å². The first-order valence-corrected chi connectivity index (χ1v) is 10.7. The van der Waals surface area contributed by atoms with Gasteiger partial charge in [0.25, 0.3) is 5.91 Å². The smallest absolute Gasteiger partial charge is 0.251 e. The van der Waals surface area contributed by atoms with E-state index in [1.54, 1.807) is 17.0 Å². The van der Waals surface area contributed by atoms with E-state index in [0.29, 0.717) is 24.9 Å². The lowest BCUT2D eigenvalue weighted by atomic mass is 9.98. The Labute approximate surface area is 183 Å². The van der Waals surface area contributed by atoms with Gasteiger partial charge in [0.1, 0.15) is 6.04 Å². The SMILES string of the molecule is C=CC(=O)N1CCCc2cc(C(=O)NC3CCc4cc(Br)ccc4NC3=O)ccc21. The summed E-state index contributed by atoms with van der Waals surface area (Å²) in [6.45, 7) is 4.20. The molecule has 7 heteroatoms. The Bertz CT molecular complexity index is 1050. The zero-order chi connectivity index (χ0) is 21.3. The Morgan fingerprint density at radius 2 is 2.00 bits per heavy atom. The van der Waals surface area contributed by atoms with E-state index in [1.807, 2.05) is 24.3 Å². The second-order valence-corrected chi connectivity index (χ2v) is 8.41. The largest absolute Gasteiger partial charge is 0.340 e. The molecule has 0 saturated heterocycles. The number of fused-ring (bicyclic) bond motifs is 2. The first-order valence-electron chi connectivity index (χ1n) is 9.93. The van der Waals surface area contributed by atoms with Gasteiger partial charge in [-0.2, -0.15) is 0 Å². The summed E-state index contributed by atoms with van der Waals surface area (Å²) in [5.74, 6) is -0.656. The highest BCUT2D eigenvalue weighted by molar-refractivity contribution is 9.10. The summed E-state index contributed by atoms with van der Waals surface area (Å²) in [5, 5.41) is 5.77.